The molecule has 4 aromatic rings. The van der Waals surface area contributed by atoms with Crippen LogP contribution in [0.15, 0.2) is 71.4 Å². The predicted octanol–water partition coefficient (Wildman–Crippen LogP) is 7.79. The summed E-state index contributed by atoms with van der Waals surface area (Å²) in [4.78, 5) is 27.9. The van der Waals surface area contributed by atoms with E-state index in [1.807, 2.05) is 0 Å². The molecule has 0 saturated carbocycles. The lowest BCUT2D eigenvalue weighted by molar-refractivity contribution is -0.288. The summed E-state index contributed by atoms with van der Waals surface area (Å²) >= 11 is 2.13. The van der Waals surface area contributed by atoms with Gasteiger partial charge in [-0.05, 0) is 58.3 Å². The Kier molecular flexibility index (Phi) is 8.84. The number of hydrogen-bond acceptors (Lipinski definition) is 8. The molecule has 228 valence electrons. The van der Waals surface area contributed by atoms with E-state index in [9.17, 15) is 35.9 Å². The molecule has 0 bridgehead atoms. The van der Waals surface area contributed by atoms with Crippen LogP contribution in [0.5, 0.6) is 11.5 Å². The van der Waals surface area contributed by atoms with Crippen molar-refractivity contribution in [1.82, 2.24) is 0 Å². The third-order valence-electron chi connectivity index (χ3n) is 6.45. The number of ether oxygens (including phenoxy) is 2. The third kappa shape index (κ3) is 6.07. The maximum Gasteiger partial charge on any atom is 0.411 e. The molecule has 2 heterocycles. The molecule has 0 aliphatic heterocycles. The molecule has 0 spiro atoms. The number of carbonyl (C=O) groups excluding carboxylic acids is 2. The van der Waals surface area contributed by atoms with Crippen molar-refractivity contribution in [3.63, 3.8) is 0 Å². The molecule has 2 aromatic heterocycles. The Labute approximate surface area is 250 Å². The van der Waals surface area contributed by atoms with Gasteiger partial charge in [-0.1, -0.05) is 24.3 Å². The van der Waals surface area contributed by atoms with E-state index >= 15 is 0 Å². The molecule has 0 aliphatic rings. The van der Waals surface area contributed by atoms with Crippen molar-refractivity contribution in [3.8, 4) is 11.5 Å². The molecule has 6 nitrogen and oxygen atoms in total. The molecule has 0 radical (unpaired) electrons. The zero-order valence-electron chi connectivity index (χ0n) is 23.0. The Balaban J connectivity index is 1.90. The van der Waals surface area contributed by atoms with Gasteiger partial charge in [0.1, 0.15) is 9.75 Å². The highest BCUT2D eigenvalue weighted by Crippen LogP contribution is 2.57. The van der Waals surface area contributed by atoms with Gasteiger partial charge < -0.3 is 19.3 Å². The fourth-order valence-electron chi connectivity index (χ4n) is 4.44. The van der Waals surface area contributed by atoms with Crippen LogP contribution in [0.4, 0.5) is 37.7 Å². The molecule has 14 heteroatoms. The number of anilines is 2. The number of nitrogens with zero attached hydrogens (tertiary/aromatic N) is 2. The highest BCUT2D eigenvalue weighted by Gasteiger charge is 2.72. The predicted molar refractivity (Wildman–Crippen MR) is 153 cm³/mol. The maximum atomic E-state index is 15.0. The summed E-state index contributed by atoms with van der Waals surface area (Å²) in [5, 5.41) is 3.23. The topological polar surface area (TPSA) is 59.1 Å². The Morgan fingerprint density at radius 3 is 1.28 bits per heavy atom. The van der Waals surface area contributed by atoms with Crippen molar-refractivity contribution in [2.45, 2.75) is 17.8 Å². The Hall–Kier alpha value is -4.04. The van der Waals surface area contributed by atoms with E-state index < -0.39 is 40.8 Å². The number of alkyl halides is 6. The number of carbonyl (C=O) groups is 2. The molecule has 0 unspecified atom stereocenters. The van der Waals surface area contributed by atoms with Gasteiger partial charge in [-0.25, -0.2) is 9.59 Å². The summed E-state index contributed by atoms with van der Waals surface area (Å²) < 4.78 is 101. The Morgan fingerprint density at radius 1 is 0.628 bits per heavy atom. The SMILES string of the molecule is CN(C)c1cc(C(c2ccc(OC(=O)c3cccs3)c(N(C)C)c2)(C(F)(F)F)C(F)(F)F)ccc1OC(=O)c1cccs1. The van der Waals surface area contributed by atoms with Crippen LogP contribution in [0.25, 0.3) is 0 Å². The first-order valence-electron chi connectivity index (χ1n) is 12.4. The first-order chi connectivity index (χ1) is 20.1. The maximum absolute atomic E-state index is 15.0. The number of thiophene rings is 2. The number of hydrogen-bond donors (Lipinski definition) is 0. The normalized spacial score (nSPS) is 12.1. The molecule has 4 rings (SSSR count). The highest BCUT2D eigenvalue weighted by molar-refractivity contribution is 7.12. The van der Waals surface area contributed by atoms with E-state index in [2.05, 4.69) is 0 Å². The number of halogens is 6. The van der Waals surface area contributed by atoms with Crippen molar-refractivity contribution in [2.75, 3.05) is 38.0 Å². The van der Waals surface area contributed by atoms with Crippen LogP contribution in [0, 0.1) is 0 Å². The van der Waals surface area contributed by atoms with Crippen LogP contribution < -0.4 is 19.3 Å². The van der Waals surface area contributed by atoms with E-state index in [0.29, 0.717) is 24.3 Å². The van der Waals surface area contributed by atoms with Crippen molar-refractivity contribution in [3.05, 3.63) is 92.3 Å². The quantitative estimate of drug-likeness (QED) is 0.111. The zero-order valence-corrected chi connectivity index (χ0v) is 24.7. The van der Waals surface area contributed by atoms with Gasteiger partial charge in [0.15, 0.2) is 11.5 Å². The van der Waals surface area contributed by atoms with Gasteiger partial charge in [-0.2, -0.15) is 26.3 Å². The lowest BCUT2D eigenvalue weighted by Gasteiger charge is -2.39. The van der Waals surface area contributed by atoms with Crippen molar-refractivity contribution in [2.24, 2.45) is 0 Å². The van der Waals surface area contributed by atoms with Crippen LogP contribution in [-0.4, -0.2) is 52.5 Å². The molecule has 0 N–H and O–H groups in total. The van der Waals surface area contributed by atoms with Crippen LogP contribution in [0.1, 0.15) is 30.5 Å². The minimum Gasteiger partial charge on any atom is -0.420 e. The smallest absolute Gasteiger partial charge is 0.411 e. The fraction of sp³-hybridized carbons (Fsp3) is 0.241. The van der Waals surface area contributed by atoms with Gasteiger partial charge in [0.2, 0.25) is 5.41 Å². The van der Waals surface area contributed by atoms with Crippen LogP contribution in [0.2, 0.25) is 0 Å². The van der Waals surface area contributed by atoms with E-state index in [1.54, 1.807) is 22.9 Å². The van der Waals surface area contributed by atoms with Gasteiger partial charge in [-0.3, -0.25) is 0 Å². The van der Waals surface area contributed by atoms with Crippen molar-refractivity contribution >= 4 is 46.0 Å². The molecule has 0 fully saturated rings. The fourth-order valence-corrected chi connectivity index (χ4v) is 5.64. The number of benzene rings is 2. The van der Waals surface area contributed by atoms with Crippen molar-refractivity contribution < 1.29 is 45.4 Å². The third-order valence-corrected chi connectivity index (χ3v) is 8.15. The Morgan fingerprint density at radius 2 is 1.00 bits per heavy atom. The van der Waals surface area contributed by atoms with Gasteiger partial charge in [0, 0.05) is 28.2 Å². The number of rotatable bonds is 8. The summed E-state index contributed by atoms with van der Waals surface area (Å²) in [6.45, 7) is 0. The molecule has 0 amide bonds. The minimum absolute atomic E-state index is 0.186. The largest absolute Gasteiger partial charge is 0.420 e. The summed E-state index contributed by atoms with van der Waals surface area (Å²) in [7, 11) is 5.58. The van der Waals surface area contributed by atoms with E-state index in [0.717, 1.165) is 34.8 Å². The second kappa shape index (κ2) is 11.9. The molecule has 0 atom stereocenters. The molecular formula is C29H24F6N2O4S2. The minimum atomic E-state index is -5.89. The number of esters is 2. The van der Waals surface area contributed by atoms with Gasteiger partial charge >= 0.3 is 24.3 Å². The van der Waals surface area contributed by atoms with Crippen LogP contribution in [0.3, 0.4) is 0 Å². The summed E-state index contributed by atoms with van der Waals surface area (Å²) in [6.07, 6.45) is -11.8. The summed E-state index contributed by atoms with van der Waals surface area (Å²) in [5.41, 5.74) is -7.19. The van der Waals surface area contributed by atoms with Gasteiger partial charge in [0.05, 0.1) is 11.4 Å². The van der Waals surface area contributed by atoms with Crippen molar-refractivity contribution in [1.29, 1.82) is 0 Å². The van der Waals surface area contributed by atoms with Crippen LogP contribution in [-0.2, 0) is 5.41 Å². The lowest BCUT2D eigenvalue weighted by Crippen LogP contribution is -2.54. The zero-order chi connectivity index (χ0) is 31.7. The second-order valence-corrected chi connectivity index (χ2v) is 11.5. The molecule has 2 aromatic carbocycles. The highest BCUT2D eigenvalue weighted by atomic mass is 32.1. The molecule has 43 heavy (non-hydrogen) atoms. The molecule has 0 saturated heterocycles. The Bertz CT molecular complexity index is 1480. The van der Waals surface area contributed by atoms with Crippen LogP contribution >= 0.6 is 22.7 Å². The second-order valence-electron chi connectivity index (χ2n) is 9.63. The molecular weight excluding hydrogens is 618 g/mol. The van der Waals surface area contributed by atoms with E-state index in [4.69, 9.17) is 9.47 Å². The van der Waals surface area contributed by atoms with Gasteiger partial charge in [0.25, 0.3) is 0 Å². The van der Waals surface area contributed by atoms with Gasteiger partial charge in [-0.15, -0.1) is 22.7 Å². The summed E-state index contributed by atoms with van der Waals surface area (Å²) in [5.74, 6) is -2.08. The summed E-state index contributed by atoms with van der Waals surface area (Å²) in [6, 6.07) is 10.6. The first kappa shape index (κ1) is 31.9. The first-order valence-corrected chi connectivity index (χ1v) is 14.1. The van der Waals surface area contributed by atoms with E-state index in [1.165, 1.54) is 50.1 Å². The standard InChI is InChI=1S/C29H24F6N2O4S2/c1-36(2)19-15-17(9-11-21(19)40-25(38)23-7-5-13-42-23)27(28(30,31)32,29(33,34)35)18-10-12-22(20(16-18)37(3)4)41-26(39)24-8-6-14-43-24/h5-16H,1-4H3. The average Bonchev–Trinajstić information content (AvgIpc) is 3.63. The average molecular weight is 643 g/mol. The molecule has 0 aliphatic carbocycles. The van der Waals surface area contributed by atoms with E-state index in [-0.39, 0.29) is 32.6 Å². The monoisotopic (exact) mass is 642 g/mol. The lowest BCUT2D eigenvalue weighted by atomic mass is 9.72.